The molecule has 194 valence electrons. The largest absolute Gasteiger partial charge is 0.346 e. The molecule has 0 aliphatic carbocycles. The monoisotopic (exact) mass is 524 g/mol. The van der Waals surface area contributed by atoms with Gasteiger partial charge >= 0.3 is 0 Å². The van der Waals surface area contributed by atoms with Crippen molar-refractivity contribution in [3.63, 3.8) is 0 Å². The lowest BCUT2D eigenvalue weighted by molar-refractivity contribution is 1.19. The van der Waals surface area contributed by atoms with Crippen molar-refractivity contribution >= 4 is 55.7 Å². The summed E-state index contributed by atoms with van der Waals surface area (Å²) in [7, 11) is 0. The lowest BCUT2D eigenvalue weighted by Gasteiger charge is -2.17. The van der Waals surface area contributed by atoms with E-state index in [9.17, 15) is 4.79 Å². The Bertz CT molecular complexity index is 2130. The van der Waals surface area contributed by atoms with Gasteiger partial charge in [0, 0.05) is 57.5 Å². The Balaban J connectivity index is 1.30. The maximum atomic E-state index is 12.0. The zero-order valence-corrected chi connectivity index (χ0v) is 21.8. The molecule has 7 aromatic rings. The molecule has 0 radical (unpaired) electrons. The molecule has 9 heteroatoms. The van der Waals surface area contributed by atoms with Gasteiger partial charge in [0.2, 0.25) is 5.56 Å². The third-order valence-corrected chi connectivity index (χ3v) is 7.13. The lowest BCUT2D eigenvalue weighted by Crippen LogP contribution is -2.05. The van der Waals surface area contributed by atoms with Gasteiger partial charge in [-0.2, -0.15) is 0 Å². The predicted octanol–water partition coefficient (Wildman–Crippen LogP) is 6.51. The molecule has 5 heterocycles. The first kappa shape index (κ1) is 23.5. The molecular weight excluding hydrogens is 500 g/mol. The SMILES string of the molecule is Cc1ccc2c(Nc3ccc4c(C)cc(=O)[nH]c4c3)nccc2c1Nc1ncccc1-c1ncnc2[nH]ccc12. The number of aryl methyl sites for hydroxylation is 2. The summed E-state index contributed by atoms with van der Waals surface area (Å²) in [6.45, 7) is 4.00. The number of pyridine rings is 3. The molecule has 0 spiro atoms. The third-order valence-electron chi connectivity index (χ3n) is 7.13. The first-order chi connectivity index (χ1) is 19.5. The number of hydrogen-bond acceptors (Lipinski definition) is 7. The van der Waals surface area contributed by atoms with Crippen molar-refractivity contribution in [3.8, 4) is 11.3 Å². The van der Waals surface area contributed by atoms with Gasteiger partial charge in [-0.1, -0.05) is 18.2 Å². The van der Waals surface area contributed by atoms with Gasteiger partial charge in [0.05, 0.1) is 16.9 Å². The maximum Gasteiger partial charge on any atom is 0.248 e. The number of nitrogens with one attached hydrogen (secondary N) is 4. The fraction of sp³-hybridized carbons (Fsp3) is 0.0645. The highest BCUT2D eigenvalue weighted by molar-refractivity contribution is 6.04. The normalized spacial score (nSPS) is 11.3. The smallest absolute Gasteiger partial charge is 0.248 e. The number of benzene rings is 2. The highest BCUT2D eigenvalue weighted by Gasteiger charge is 2.16. The zero-order valence-electron chi connectivity index (χ0n) is 21.8. The zero-order chi connectivity index (χ0) is 27.2. The second-order valence-corrected chi connectivity index (χ2v) is 9.70. The molecule has 0 bridgehead atoms. The number of hydrogen-bond donors (Lipinski definition) is 4. The number of rotatable bonds is 5. The van der Waals surface area contributed by atoms with Crippen LogP contribution >= 0.6 is 0 Å². The van der Waals surface area contributed by atoms with Crippen LogP contribution in [0.15, 0.2) is 90.4 Å². The van der Waals surface area contributed by atoms with Crippen LogP contribution in [0.2, 0.25) is 0 Å². The Hall–Kier alpha value is -5.57. The summed E-state index contributed by atoms with van der Waals surface area (Å²) in [6.07, 6.45) is 6.97. The molecule has 0 aliphatic heterocycles. The average molecular weight is 525 g/mol. The van der Waals surface area contributed by atoms with Gasteiger partial charge in [-0.3, -0.25) is 4.79 Å². The lowest BCUT2D eigenvalue weighted by atomic mass is 10.0. The number of H-pyrrole nitrogens is 2. The molecule has 4 N–H and O–H groups in total. The van der Waals surface area contributed by atoms with E-state index >= 15 is 0 Å². The number of nitrogens with zero attached hydrogens (tertiary/aromatic N) is 4. The molecule has 0 aliphatic rings. The number of aromatic amines is 2. The Morgan fingerprint density at radius 3 is 2.52 bits per heavy atom. The Morgan fingerprint density at radius 2 is 1.60 bits per heavy atom. The second kappa shape index (κ2) is 9.32. The van der Waals surface area contributed by atoms with Crippen LogP contribution in [0, 0.1) is 13.8 Å². The molecule has 0 fully saturated rings. The van der Waals surface area contributed by atoms with Crippen molar-refractivity contribution in [2.75, 3.05) is 10.6 Å². The van der Waals surface area contributed by atoms with E-state index in [1.54, 1.807) is 24.8 Å². The minimum Gasteiger partial charge on any atom is -0.346 e. The van der Waals surface area contributed by atoms with Crippen molar-refractivity contribution in [1.29, 1.82) is 0 Å². The van der Waals surface area contributed by atoms with Gasteiger partial charge in [-0.15, -0.1) is 0 Å². The van der Waals surface area contributed by atoms with E-state index in [4.69, 9.17) is 0 Å². The molecule has 9 nitrogen and oxygen atoms in total. The minimum atomic E-state index is -0.121. The fourth-order valence-corrected chi connectivity index (χ4v) is 5.18. The molecule has 0 unspecified atom stereocenters. The van der Waals surface area contributed by atoms with Gasteiger partial charge in [-0.05, 0) is 61.4 Å². The third kappa shape index (κ3) is 4.01. The summed E-state index contributed by atoms with van der Waals surface area (Å²) >= 11 is 0. The minimum absolute atomic E-state index is 0.121. The van der Waals surface area contributed by atoms with E-state index in [0.29, 0.717) is 11.6 Å². The van der Waals surface area contributed by atoms with E-state index in [0.717, 1.165) is 66.5 Å². The van der Waals surface area contributed by atoms with Crippen molar-refractivity contribution in [1.82, 2.24) is 29.9 Å². The van der Waals surface area contributed by atoms with Crippen LogP contribution in [0.3, 0.4) is 0 Å². The second-order valence-electron chi connectivity index (χ2n) is 9.70. The summed E-state index contributed by atoms with van der Waals surface area (Å²) in [5, 5.41) is 10.9. The molecule has 0 saturated carbocycles. The van der Waals surface area contributed by atoms with Crippen LogP contribution in [0.5, 0.6) is 0 Å². The molecule has 7 rings (SSSR count). The first-order valence-electron chi connectivity index (χ1n) is 12.8. The van der Waals surface area contributed by atoms with Crippen molar-refractivity contribution in [2.45, 2.75) is 13.8 Å². The summed E-state index contributed by atoms with van der Waals surface area (Å²) in [5.74, 6) is 1.40. The summed E-state index contributed by atoms with van der Waals surface area (Å²) in [5.41, 5.74) is 6.86. The standard InChI is InChI=1S/C31H24N8O/c1-17-5-7-22-21(9-12-34-30(22)37-19-6-8-20-18(2)14-26(40)38-25(20)15-19)27(17)39-31-23(4-3-11-32-31)28-24-10-13-33-29(24)36-16-35-28/h3-16H,1-2H3,(H,32,39)(H,34,37)(H,38,40)(H,33,35,36). The van der Waals surface area contributed by atoms with Crippen LogP contribution in [0.4, 0.5) is 23.0 Å². The topological polar surface area (TPSA) is 124 Å². The highest BCUT2D eigenvalue weighted by atomic mass is 16.1. The molecule has 0 amide bonds. The Labute approximate surface area is 228 Å². The number of anilines is 4. The van der Waals surface area contributed by atoms with E-state index in [1.165, 1.54) is 0 Å². The first-order valence-corrected chi connectivity index (χ1v) is 12.8. The van der Waals surface area contributed by atoms with Gasteiger partial charge in [0.25, 0.3) is 0 Å². The highest BCUT2D eigenvalue weighted by Crippen LogP contribution is 2.37. The Morgan fingerprint density at radius 1 is 0.725 bits per heavy atom. The van der Waals surface area contributed by atoms with Crippen LogP contribution in [-0.2, 0) is 0 Å². The molecule has 0 atom stereocenters. The van der Waals surface area contributed by atoms with Crippen LogP contribution in [0.1, 0.15) is 11.1 Å². The average Bonchev–Trinajstić information content (AvgIpc) is 3.44. The molecule has 40 heavy (non-hydrogen) atoms. The molecule has 2 aromatic carbocycles. The number of fused-ring (bicyclic) bond motifs is 3. The summed E-state index contributed by atoms with van der Waals surface area (Å²) in [4.78, 5) is 36.3. The fourth-order valence-electron chi connectivity index (χ4n) is 5.18. The number of aromatic nitrogens is 6. The maximum absolute atomic E-state index is 12.0. The predicted molar refractivity (Wildman–Crippen MR) is 159 cm³/mol. The van der Waals surface area contributed by atoms with E-state index < -0.39 is 0 Å². The molecule has 5 aromatic heterocycles. The Kier molecular flexibility index (Phi) is 5.48. The van der Waals surface area contributed by atoms with Gasteiger partial charge < -0.3 is 20.6 Å². The summed E-state index contributed by atoms with van der Waals surface area (Å²) in [6, 6.07) is 19.5. The van der Waals surface area contributed by atoms with Gasteiger partial charge in [0.1, 0.15) is 23.6 Å². The van der Waals surface area contributed by atoms with Crippen molar-refractivity contribution in [3.05, 3.63) is 107 Å². The van der Waals surface area contributed by atoms with Crippen LogP contribution in [-0.4, -0.2) is 29.9 Å². The van der Waals surface area contributed by atoms with Crippen LogP contribution in [0.25, 0.3) is 44.0 Å². The summed E-state index contributed by atoms with van der Waals surface area (Å²) < 4.78 is 0. The van der Waals surface area contributed by atoms with E-state index in [2.05, 4.69) is 59.6 Å². The molecule has 0 saturated heterocycles. The van der Waals surface area contributed by atoms with Crippen LogP contribution < -0.4 is 16.2 Å². The van der Waals surface area contributed by atoms with E-state index in [1.807, 2.05) is 55.6 Å². The van der Waals surface area contributed by atoms with Gasteiger partial charge in [-0.25, -0.2) is 19.9 Å². The quantitative estimate of drug-likeness (QED) is 0.202. The van der Waals surface area contributed by atoms with Gasteiger partial charge in [0.15, 0.2) is 0 Å². The van der Waals surface area contributed by atoms with Crippen molar-refractivity contribution in [2.24, 2.45) is 0 Å². The van der Waals surface area contributed by atoms with E-state index in [-0.39, 0.29) is 5.56 Å². The molecular formula is C31H24N8O. The van der Waals surface area contributed by atoms with Crippen molar-refractivity contribution < 1.29 is 0 Å².